The van der Waals surface area contributed by atoms with E-state index >= 15 is 0 Å². The Kier molecular flexibility index (Phi) is 9.06. The number of hydrogen-bond acceptors (Lipinski definition) is 1. The predicted octanol–water partition coefficient (Wildman–Crippen LogP) is 13.5. The van der Waals surface area contributed by atoms with Gasteiger partial charge in [-0.1, -0.05) is 209 Å². The minimum absolute atomic E-state index is 0.0821. The molecule has 2 heteroatoms. The number of anilines is 3. The lowest BCUT2D eigenvalue weighted by atomic mass is 9.29. The Hall–Kier alpha value is -5.60. The lowest BCUT2D eigenvalue weighted by molar-refractivity contribution is 0.590. The summed E-state index contributed by atoms with van der Waals surface area (Å²) in [5.41, 5.74) is 22.4. The van der Waals surface area contributed by atoms with Gasteiger partial charge < -0.3 is 4.90 Å². The Balaban J connectivity index is 1.27. The highest BCUT2D eigenvalue weighted by Crippen LogP contribution is 2.47. The van der Waals surface area contributed by atoms with Crippen LogP contribution in [0.1, 0.15) is 104 Å². The topological polar surface area (TPSA) is 3.24 Å². The normalized spacial score (nSPS) is 14.4. The minimum atomic E-state index is -0.233. The van der Waals surface area contributed by atoms with Gasteiger partial charge in [0.15, 0.2) is 0 Å². The smallest absolute Gasteiger partial charge is 0.247 e. The standard InChI is InChI=1S/C57H58BN/c1-54(2,3)42-25-16-37(17-26-42)38-22-31-45(32-23-38)59-50-34-24-41(39-18-27-43(28-19-39)55(4,5)6)36-49(50)58-48-15-13-12-14-47(48)57(10,11)52-46(33-35-51(59)53(52)58)40-20-29-44(30-21-40)56(7,8)9/h12-36H,1-11H3. The number of benzene rings is 7. The highest BCUT2D eigenvalue weighted by atomic mass is 15.1. The Morgan fingerprint density at radius 2 is 0.864 bits per heavy atom. The molecule has 1 nitrogen and oxygen atoms in total. The largest absolute Gasteiger partial charge is 0.312 e. The van der Waals surface area contributed by atoms with Crippen LogP contribution in [0.4, 0.5) is 17.1 Å². The molecule has 7 aromatic rings. The van der Waals surface area contributed by atoms with Crippen molar-refractivity contribution in [2.24, 2.45) is 0 Å². The average Bonchev–Trinajstić information content (AvgIpc) is 3.21. The quantitative estimate of drug-likeness (QED) is 0.161. The molecule has 0 saturated carbocycles. The first kappa shape index (κ1) is 38.9. The molecule has 0 atom stereocenters. The van der Waals surface area contributed by atoms with E-state index in [1.165, 1.54) is 94.6 Å². The Morgan fingerprint density at radius 1 is 0.424 bits per heavy atom. The molecule has 0 aliphatic carbocycles. The van der Waals surface area contributed by atoms with Crippen LogP contribution in [0.25, 0.3) is 33.4 Å². The van der Waals surface area contributed by atoms with Crippen LogP contribution < -0.4 is 21.3 Å². The third-order valence-electron chi connectivity index (χ3n) is 13.3. The summed E-state index contributed by atoms with van der Waals surface area (Å²) >= 11 is 0. The van der Waals surface area contributed by atoms with Gasteiger partial charge in [0.1, 0.15) is 0 Å². The predicted molar refractivity (Wildman–Crippen MR) is 257 cm³/mol. The van der Waals surface area contributed by atoms with Gasteiger partial charge >= 0.3 is 0 Å². The van der Waals surface area contributed by atoms with Crippen LogP contribution in [-0.2, 0) is 21.7 Å². The molecule has 0 spiro atoms. The Morgan fingerprint density at radius 3 is 1.39 bits per heavy atom. The van der Waals surface area contributed by atoms with E-state index in [0.29, 0.717) is 0 Å². The number of fused-ring (bicyclic) bond motifs is 4. The van der Waals surface area contributed by atoms with Crippen molar-refractivity contribution in [3.8, 4) is 33.4 Å². The Bertz CT molecular complexity index is 2690. The maximum atomic E-state index is 2.54. The molecule has 59 heavy (non-hydrogen) atoms. The minimum Gasteiger partial charge on any atom is -0.312 e. The van der Waals surface area contributed by atoms with Gasteiger partial charge in [-0.2, -0.15) is 0 Å². The van der Waals surface area contributed by atoms with Gasteiger partial charge in [-0.25, -0.2) is 0 Å². The fraction of sp³-hybridized carbons (Fsp3) is 0.263. The highest BCUT2D eigenvalue weighted by Gasteiger charge is 2.47. The Labute approximate surface area is 354 Å². The van der Waals surface area contributed by atoms with Gasteiger partial charge in [0, 0.05) is 22.5 Å². The van der Waals surface area contributed by atoms with Crippen molar-refractivity contribution in [3.05, 3.63) is 179 Å². The van der Waals surface area contributed by atoms with Gasteiger partial charge in [-0.3, -0.25) is 0 Å². The van der Waals surface area contributed by atoms with E-state index in [0.717, 1.165) is 0 Å². The second-order valence-electron chi connectivity index (χ2n) is 20.7. The first-order chi connectivity index (χ1) is 27.9. The average molecular weight is 768 g/mol. The van der Waals surface area contributed by atoms with E-state index in [9.17, 15) is 0 Å². The molecule has 0 bridgehead atoms. The summed E-state index contributed by atoms with van der Waals surface area (Å²) in [5, 5.41) is 0. The van der Waals surface area contributed by atoms with Crippen LogP contribution >= 0.6 is 0 Å². The zero-order valence-electron chi connectivity index (χ0n) is 37.0. The molecule has 0 N–H and O–H groups in total. The fourth-order valence-corrected chi connectivity index (χ4v) is 9.80. The van der Waals surface area contributed by atoms with E-state index in [-0.39, 0.29) is 28.4 Å². The molecule has 0 saturated heterocycles. The monoisotopic (exact) mass is 767 g/mol. The van der Waals surface area contributed by atoms with E-state index in [2.05, 4.69) is 233 Å². The third kappa shape index (κ3) is 6.66. The van der Waals surface area contributed by atoms with E-state index < -0.39 is 0 Å². The number of rotatable bonds is 4. The maximum Gasteiger partial charge on any atom is 0.247 e. The first-order valence-electron chi connectivity index (χ1n) is 21.5. The molecule has 0 aromatic heterocycles. The van der Waals surface area contributed by atoms with E-state index in [1.807, 2.05) is 0 Å². The number of nitrogens with zero attached hydrogens (tertiary/aromatic N) is 1. The molecule has 2 heterocycles. The molecule has 294 valence electrons. The fourth-order valence-electron chi connectivity index (χ4n) is 9.80. The van der Waals surface area contributed by atoms with Crippen LogP contribution in [0.5, 0.6) is 0 Å². The summed E-state index contributed by atoms with van der Waals surface area (Å²) in [6.07, 6.45) is 0. The van der Waals surface area contributed by atoms with Gasteiger partial charge in [-0.05, 0) is 113 Å². The van der Waals surface area contributed by atoms with Crippen molar-refractivity contribution in [3.63, 3.8) is 0 Å². The van der Waals surface area contributed by atoms with Crippen LogP contribution in [0.15, 0.2) is 152 Å². The SMILES string of the molecule is CC(C)(C)c1ccc(-c2ccc(N3c4ccc(-c5ccc(C(C)(C)C)cc5)cc4B4c5ccccc5C(C)(C)c5c(-c6ccc(C(C)(C)C)cc6)ccc3c54)cc2)cc1. The molecule has 9 rings (SSSR count). The van der Waals surface area contributed by atoms with Crippen LogP contribution in [0, 0.1) is 0 Å². The van der Waals surface area contributed by atoms with Crippen LogP contribution in [-0.4, -0.2) is 6.71 Å². The van der Waals surface area contributed by atoms with Crippen molar-refractivity contribution in [1.29, 1.82) is 0 Å². The zero-order valence-corrected chi connectivity index (χ0v) is 37.0. The van der Waals surface area contributed by atoms with Crippen LogP contribution in [0.3, 0.4) is 0 Å². The molecular weight excluding hydrogens is 709 g/mol. The van der Waals surface area contributed by atoms with Gasteiger partial charge in [0.25, 0.3) is 0 Å². The second-order valence-corrected chi connectivity index (χ2v) is 20.7. The summed E-state index contributed by atoms with van der Waals surface area (Å²) in [6, 6.07) is 58.2. The van der Waals surface area contributed by atoms with Crippen molar-refractivity contribution in [2.75, 3.05) is 4.90 Å². The molecule has 0 radical (unpaired) electrons. The van der Waals surface area contributed by atoms with E-state index in [4.69, 9.17) is 0 Å². The van der Waals surface area contributed by atoms with Crippen LogP contribution in [0.2, 0.25) is 0 Å². The third-order valence-corrected chi connectivity index (χ3v) is 13.3. The first-order valence-corrected chi connectivity index (χ1v) is 21.5. The molecular formula is C57H58BN. The zero-order chi connectivity index (χ0) is 41.6. The maximum absolute atomic E-state index is 2.54. The summed E-state index contributed by atoms with van der Waals surface area (Å²) in [5.74, 6) is 0. The summed E-state index contributed by atoms with van der Waals surface area (Å²) in [4.78, 5) is 2.54. The molecule has 2 aliphatic heterocycles. The van der Waals surface area contributed by atoms with Crippen molar-refractivity contribution < 1.29 is 0 Å². The van der Waals surface area contributed by atoms with Crippen molar-refractivity contribution in [1.82, 2.24) is 0 Å². The summed E-state index contributed by atoms with van der Waals surface area (Å²) in [7, 11) is 0. The molecule has 0 fully saturated rings. The highest BCUT2D eigenvalue weighted by molar-refractivity contribution is 6.99. The number of hydrogen-bond donors (Lipinski definition) is 0. The van der Waals surface area contributed by atoms with Gasteiger partial charge in [0.2, 0.25) is 6.71 Å². The van der Waals surface area contributed by atoms with Crippen molar-refractivity contribution >= 4 is 40.2 Å². The molecule has 7 aromatic carbocycles. The second kappa shape index (κ2) is 13.7. The van der Waals surface area contributed by atoms with E-state index in [1.54, 1.807) is 0 Å². The molecule has 2 aliphatic rings. The lowest BCUT2D eigenvalue weighted by Crippen LogP contribution is -2.64. The summed E-state index contributed by atoms with van der Waals surface area (Å²) < 4.78 is 0. The van der Waals surface area contributed by atoms with Gasteiger partial charge in [0.05, 0.1) is 0 Å². The van der Waals surface area contributed by atoms with Crippen molar-refractivity contribution in [2.45, 2.75) is 97.8 Å². The molecule has 0 amide bonds. The summed E-state index contributed by atoms with van der Waals surface area (Å²) in [6.45, 7) is 25.5. The van der Waals surface area contributed by atoms with Gasteiger partial charge in [-0.15, -0.1) is 0 Å². The molecule has 0 unspecified atom stereocenters. The lowest BCUT2D eigenvalue weighted by Gasteiger charge is -2.46.